The Kier molecular flexibility index (Phi) is 7.03. The summed E-state index contributed by atoms with van der Waals surface area (Å²) in [5.41, 5.74) is 8.69. The number of hydrogen-bond acceptors (Lipinski definition) is 5. The number of carbonyl (C=O) groups excluding carboxylic acids is 1. The topological polar surface area (TPSA) is 88.6 Å². The van der Waals surface area contributed by atoms with Crippen molar-refractivity contribution in [2.24, 2.45) is 5.10 Å². The number of hydrogen-bond donors (Lipinski definition) is 2. The van der Waals surface area contributed by atoms with E-state index in [2.05, 4.69) is 27.6 Å². The molecule has 172 valence electrons. The van der Waals surface area contributed by atoms with Crippen LogP contribution in [0.3, 0.4) is 0 Å². The molecule has 0 atom stereocenters. The molecule has 34 heavy (non-hydrogen) atoms. The molecule has 7 nitrogen and oxygen atoms in total. The predicted molar refractivity (Wildman–Crippen MR) is 132 cm³/mol. The van der Waals surface area contributed by atoms with Gasteiger partial charge in [-0.15, -0.1) is 0 Å². The molecule has 0 aliphatic rings. The van der Waals surface area contributed by atoms with E-state index in [9.17, 15) is 4.79 Å². The van der Waals surface area contributed by atoms with E-state index in [0.717, 1.165) is 16.7 Å². The van der Waals surface area contributed by atoms with Crippen molar-refractivity contribution >= 4 is 12.1 Å². The number of rotatable bonds is 8. The molecular formula is C27H26N4O3. The first-order valence-corrected chi connectivity index (χ1v) is 10.8. The quantitative estimate of drug-likeness (QED) is 0.288. The number of ether oxygens (including phenoxy) is 2. The molecule has 1 heterocycles. The maximum absolute atomic E-state index is 12.5. The zero-order valence-corrected chi connectivity index (χ0v) is 19.3. The first kappa shape index (κ1) is 22.8. The van der Waals surface area contributed by atoms with Crippen molar-refractivity contribution in [1.29, 1.82) is 0 Å². The van der Waals surface area contributed by atoms with Gasteiger partial charge in [-0.1, -0.05) is 42.5 Å². The van der Waals surface area contributed by atoms with Crippen LogP contribution in [0.15, 0.2) is 77.9 Å². The lowest BCUT2D eigenvalue weighted by Gasteiger charge is -2.11. The summed E-state index contributed by atoms with van der Waals surface area (Å²) in [5.74, 6) is 0.829. The monoisotopic (exact) mass is 454 g/mol. The van der Waals surface area contributed by atoms with Crippen LogP contribution in [0.25, 0.3) is 11.3 Å². The number of aromatic amines is 1. The number of nitrogens with one attached hydrogen (secondary N) is 2. The highest BCUT2D eigenvalue weighted by molar-refractivity contribution is 5.94. The van der Waals surface area contributed by atoms with Gasteiger partial charge in [-0.3, -0.25) is 9.89 Å². The van der Waals surface area contributed by atoms with E-state index >= 15 is 0 Å². The fourth-order valence-electron chi connectivity index (χ4n) is 3.33. The van der Waals surface area contributed by atoms with Crippen LogP contribution in [-0.4, -0.2) is 29.4 Å². The Morgan fingerprint density at radius 1 is 1.00 bits per heavy atom. The summed E-state index contributed by atoms with van der Waals surface area (Å²) in [4.78, 5) is 12.5. The first-order chi connectivity index (χ1) is 16.5. The minimum absolute atomic E-state index is 0.326. The predicted octanol–water partition coefficient (Wildman–Crippen LogP) is 5.05. The largest absolute Gasteiger partial charge is 0.493 e. The third-order valence-electron chi connectivity index (χ3n) is 5.43. The van der Waals surface area contributed by atoms with E-state index in [-0.39, 0.29) is 5.91 Å². The van der Waals surface area contributed by atoms with E-state index in [4.69, 9.17) is 9.47 Å². The van der Waals surface area contributed by atoms with Gasteiger partial charge in [0.1, 0.15) is 12.3 Å². The SMILES string of the molecule is COc1cc(/C=N/NC(=O)c2cc(-c3ccc(C)c(C)c3)n[nH]2)ccc1OCc1ccccc1. The van der Waals surface area contributed by atoms with Crippen molar-refractivity contribution in [3.63, 3.8) is 0 Å². The van der Waals surface area contributed by atoms with E-state index in [1.807, 2.05) is 67.6 Å². The number of hydrazone groups is 1. The van der Waals surface area contributed by atoms with Gasteiger partial charge in [-0.05, 0) is 66.4 Å². The molecule has 4 rings (SSSR count). The summed E-state index contributed by atoms with van der Waals surface area (Å²) < 4.78 is 11.3. The van der Waals surface area contributed by atoms with Gasteiger partial charge >= 0.3 is 0 Å². The summed E-state index contributed by atoms with van der Waals surface area (Å²) in [7, 11) is 1.58. The molecule has 0 aliphatic carbocycles. The maximum Gasteiger partial charge on any atom is 0.289 e. The average molecular weight is 455 g/mol. The Balaban J connectivity index is 1.37. The van der Waals surface area contributed by atoms with E-state index in [0.29, 0.717) is 29.5 Å². The number of H-pyrrole nitrogens is 1. The molecule has 0 spiro atoms. The molecule has 0 bridgehead atoms. The zero-order valence-electron chi connectivity index (χ0n) is 19.3. The van der Waals surface area contributed by atoms with E-state index < -0.39 is 0 Å². The number of aryl methyl sites for hydroxylation is 2. The van der Waals surface area contributed by atoms with Crippen molar-refractivity contribution in [3.8, 4) is 22.8 Å². The van der Waals surface area contributed by atoms with Crippen molar-refractivity contribution in [3.05, 3.63) is 101 Å². The van der Waals surface area contributed by atoms with Crippen LogP contribution < -0.4 is 14.9 Å². The molecule has 0 saturated carbocycles. The molecule has 1 aromatic heterocycles. The zero-order chi connectivity index (χ0) is 23.9. The van der Waals surface area contributed by atoms with Gasteiger partial charge in [0.25, 0.3) is 5.91 Å². The summed E-state index contributed by atoms with van der Waals surface area (Å²) >= 11 is 0. The summed E-state index contributed by atoms with van der Waals surface area (Å²) in [6.45, 7) is 4.54. The second-order valence-corrected chi connectivity index (χ2v) is 7.85. The van der Waals surface area contributed by atoms with E-state index in [1.165, 1.54) is 11.1 Å². The number of carbonyl (C=O) groups is 1. The van der Waals surface area contributed by atoms with Crippen LogP contribution in [-0.2, 0) is 6.61 Å². The van der Waals surface area contributed by atoms with E-state index in [1.54, 1.807) is 25.5 Å². The third kappa shape index (κ3) is 5.50. The van der Waals surface area contributed by atoms with Gasteiger partial charge in [0.2, 0.25) is 0 Å². The highest BCUT2D eigenvalue weighted by Gasteiger charge is 2.11. The van der Waals surface area contributed by atoms with Gasteiger partial charge in [-0.25, -0.2) is 5.43 Å². The lowest BCUT2D eigenvalue weighted by molar-refractivity contribution is 0.0950. The summed E-state index contributed by atoms with van der Waals surface area (Å²) in [5, 5.41) is 11.1. The molecule has 1 amide bonds. The Morgan fingerprint density at radius 3 is 2.59 bits per heavy atom. The number of aromatic nitrogens is 2. The first-order valence-electron chi connectivity index (χ1n) is 10.8. The van der Waals surface area contributed by atoms with Crippen molar-refractivity contribution in [2.45, 2.75) is 20.5 Å². The molecule has 7 heteroatoms. The Morgan fingerprint density at radius 2 is 1.82 bits per heavy atom. The standard InChI is InChI=1S/C27H26N4O3/c1-18-9-11-22(13-19(18)2)23-15-24(30-29-23)27(32)31-28-16-21-10-12-25(26(14-21)33-3)34-17-20-7-5-4-6-8-20/h4-16H,17H2,1-3H3,(H,29,30)(H,31,32)/b28-16+. The second kappa shape index (κ2) is 10.5. The molecule has 0 aliphatic heterocycles. The fraction of sp³-hybridized carbons (Fsp3) is 0.148. The molecule has 0 radical (unpaired) electrons. The minimum Gasteiger partial charge on any atom is -0.493 e. The second-order valence-electron chi connectivity index (χ2n) is 7.85. The lowest BCUT2D eigenvalue weighted by Crippen LogP contribution is -2.18. The smallest absolute Gasteiger partial charge is 0.289 e. The van der Waals surface area contributed by atoms with Gasteiger partial charge < -0.3 is 9.47 Å². The maximum atomic E-state index is 12.5. The third-order valence-corrected chi connectivity index (χ3v) is 5.43. The highest BCUT2D eigenvalue weighted by Crippen LogP contribution is 2.28. The van der Waals surface area contributed by atoms with Crippen LogP contribution in [0.1, 0.15) is 32.7 Å². The molecule has 0 saturated heterocycles. The van der Waals surface area contributed by atoms with Crippen molar-refractivity contribution in [2.75, 3.05) is 7.11 Å². The van der Waals surface area contributed by atoms with Crippen LogP contribution in [0.5, 0.6) is 11.5 Å². The van der Waals surface area contributed by atoms with Crippen molar-refractivity contribution in [1.82, 2.24) is 15.6 Å². The van der Waals surface area contributed by atoms with Gasteiger partial charge in [0.05, 0.1) is 19.0 Å². The number of amides is 1. The Bertz CT molecular complexity index is 1310. The molecule has 0 unspecified atom stereocenters. The van der Waals surface area contributed by atoms with Gasteiger partial charge in [0, 0.05) is 5.56 Å². The molecule has 0 fully saturated rings. The highest BCUT2D eigenvalue weighted by atomic mass is 16.5. The van der Waals surface area contributed by atoms with Crippen LogP contribution in [0.2, 0.25) is 0 Å². The molecule has 3 aromatic carbocycles. The number of nitrogens with zero attached hydrogens (tertiary/aromatic N) is 2. The molecule has 4 aromatic rings. The van der Waals surface area contributed by atoms with Crippen LogP contribution in [0, 0.1) is 13.8 Å². The van der Waals surface area contributed by atoms with Crippen LogP contribution >= 0.6 is 0 Å². The van der Waals surface area contributed by atoms with Gasteiger partial charge in [0.15, 0.2) is 11.5 Å². The van der Waals surface area contributed by atoms with Crippen LogP contribution in [0.4, 0.5) is 0 Å². The fourth-order valence-corrected chi connectivity index (χ4v) is 3.33. The normalized spacial score (nSPS) is 10.9. The Labute approximate surface area is 198 Å². The lowest BCUT2D eigenvalue weighted by atomic mass is 10.0. The summed E-state index contributed by atoms with van der Waals surface area (Å²) in [6, 6.07) is 23.1. The molecular weight excluding hydrogens is 428 g/mol. The minimum atomic E-state index is -0.381. The Hall–Kier alpha value is -4.39. The van der Waals surface area contributed by atoms with Crippen molar-refractivity contribution < 1.29 is 14.3 Å². The summed E-state index contributed by atoms with van der Waals surface area (Å²) in [6.07, 6.45) is 1.54. The number of benzene rings is 3. The average Bonchev–Trinajstić information content (AvgIpc) is 3.36. The molecule has 2 N–H and O–H groups in total. The number of methoxy groups -OCH3 is 1. The van der Waals surface area contributed by atoms with Gasteiger partial charge in [-0.2, -0.15) is 10.2 Å².